The maximum Gasteiger partial charge on any atom is 0.0829 e. The van der Waals surface area contributed by atoms with Crippen LogP contribution < -0.4 is 10.2 Å². The molecule has 0 aliphatic carbocycles. The van der Waals surface area contributed by atoms with E-state index in [1.807, 2.05) is 19.1 Å². The van der Waals surface area contributed by atoms with Gasteiger partial charge in [-0.15, -0.1) is 0 Å². The van der Waals surface area contributed by atoms with Crippen molar-refractivity contribution in [3.8, 4) is 0 Å². The first-order valence-electron chi connectivity index (χ1n) is 6.37. The molecule has 2 aromatic rings. The van der Waals surface area contributed by atoms with Gasteiger partial charge in [-0.1, -0.05) is 23.2 Å². The van der Waals surface area contributed by atoms with Crippen molar-refractivity contribution in [1.82, 2.24) is 10.3 Å². The van der Waals surface area contributed by atoms with Crippen molar-refractivity contribution in [3.63, 3.8) is 0 Å². The third kappa shape index (κ3) is 2.38. The average Bonchev–Trinajstić information content (AvgIpc) is 2.39. The maximum absolute atomic E-state index is 6.37. The monoisotopic (exact) mass is 295 g/mol. The van der Waals surface area contributed by atoms with Crippen LogP contribution in [0.1, 0.15) is 5.56 Å². The maximum atomic E-state index is 6.37. The van der Waals surface area contributed by atoms with E-state index >= 15 is 0 Å². The lowest BCUT2D eigenvalue weighted by atomic mass is 10.1. The Hall–Kier alpha value is -1.03. The average molecular weight is 296 g/mol. The molecule has 0 unspecified atom stereocenters. The van der Waals surface area contributed by atoms with Gasteiger partial charge in [0, 0.05) is 42.8 Å². The number of aromatic nitrogens is 1. The summed E-state index contributed by atoms with van der Waals surface area (Å²) >= 11 is 12.6. The predicted molar refractivity (Wildman–Crippen MR) is 81.6 cm³/mol. The van der Waals surface area contributed by atoms with Crippen LogP contribution in [-0.4, -0.2) is 31.2 Å². The van der Waals surface area contributed by atoms with Gasteiger partial charge < -0.3 is 10.2 Å². The standard InChI is InChI=1S/C14H15Cl2N3/c1-9-6-10(15)7-11-13(9)18-8-12(16)14(11)19-4-2-17-3-5-19/h6-8,17H,2-5H2,1H3. The van der Waals surface area contributed by atoms with Gasteiger partial charge in [-0.05, 0) is 24.6 Å². The van der Waals surface area contributed by atoms with Crippen molar-refractivity contribution < 1.29 is 0 Å². The Morgan fingerprint density at radius 3 is 2.68 bits per heavy atom. The number of hydrogen-bond acceptors (Lipinski definition) is 3. The molecule has 0 radical (unpaired) electrons. The number of rotatable bonds is 1. The highest BCUT2D eigenvalue weighted by Gasteiger charge is 2.18. The van der Waals surface area contributed by atoms with E-state index in [1.165, 1.54) is 0 Å². The normalized spacial score (nSPS) is 16.1. The fourth-order valence-corrected chi connectivity index (χ4v) is 3.15. The molecule has 0 spiro atoms. The van der Waals surface area contributed by atoms with Crippen molar-refractivity contribution in [2.45, 2.75) is 6.92 Å². The van der Waals surface area contributed by atoms with Gasteiger partial charge in [0.2, 0.25) is 0 Å². The Morgan fingerprint density at radius 1 is 1.21 bits per heavy atom. The highest BCUT2D eigenvalue weighted by molar-refractivity contribution is 6.35. The van der Waals surface area contributed by atoms with Crippen molar-refractivity contribution in [3.05, 3.63) is 33.9 Å². The minimum Gasteiger partial charge on any atom is -0.367 e. The molecule has 2 heterocycles. The van der Waals surface area contributed by atoms with E-state index in [2.05, 4.69) is 15.2 Å². The molecule has 19 heavy (non-hydrogen) atoms. The number of piperazine rings is 1. The summed E-state index contributed by atoms with van der Waals surface area (Å²) in [4.78, 5) is 6.75. The van der Waals surface area contributed by atoms with Crippen LogP contribution in [0.2, 0.25) is 10.0 Å². The third-order valence-electron chi connectivity index (χ3n) is 3.49. The van der Waals surface area contributed by atoms with E-state index in [0.29, 0.717) is 5.02 Å². The second kappa shape index (κ2) is 5.16. The van der Waals surface area contributed by atoms with E-state index in [1.54, 1.807) is 6.20 Å². The van der Waals surface area contributed by atoms with E-state index in [4.69, 9.17) is 23.2 Å². The zero-order valence-corrected chi connectivity index (χ0v) is 12.2. The quantitative estimate of drug-likeness (QED) is 0.875. The number of halogens is 2. The summed E-state index contributed by atoms with van der Waals surface area (Å²) in [5.74, 6) is 0. The minimum atomic E-state index is 0.691. The Bertz CT molecular complexity index is 622. The topological polar surface area (TPSA) is 28.2 Å². The molecule has 0 amide bonds. The second-order valence-corrected chi connectivity index (χ2v) is 5.65. The second-order valence-electron chi connectivity index (χ2n) is 4.81. The van der Waals surface area contributed by atoms with Crippen LogP contribution >= 0.6 is 23.2 Å². The summed E-state index contributed by atoms with van der Waals surface area (Å²) in [6, 6.07) is 3.90. The first-order chi connectivity index (χ1) is 9.16. The number of benzene rings is 1. The zero-order valence-electron chi connectivity index (χ0n) is 10.7. The summed E-state index contributed by atoms with van der Waals surface area (Å²) in [6.45, 7) is 5.87. The van der Waals surface area contributed by atoms with Crippen molar-refractivity contribution >= 4 is 39.8 Å². The van der Waals surface area contributed by atoms with Crippen LogP contribution in [0, 0.1) is 6.92 Å². The van der Waals surface area contributed by atoms with E-state index < -0.39 is 0 Å². The van der Waals surface area contributed by atoms with E-state index in [0.717, 1.165) is 53.4 Å². The van der Waals surface area contributed by atoms with Gasteiger partial charge in [0.05, 0.1) is 16.2 Å². The smallest absolute Gasteiger partial charge is 0.0829 e. The van der Waals surface area contributed by atoms with Crippen molar-refractivity contribution in [2.24, 2.45) is 0 Å². The molecule has 5 heteroatoms. The fraction of sp³-hybridized carbons (Fsp3) is 0.357. The van der Waals surface area contributed by atoms with Crippen LogP contribution in [0.25, 0.3) is 10.9 Å². The lowest BCUT2D eigenvalue weighted by Gasteiger charge is -2.31. The van der Waals surface area contributed by atoms with Crippen LogP contribution in [0.4, 0.5) is 5.69 Å². The number of pyridine rings is 1. The summed E-state index contributed by atoms with van der Waals surface area (Å²) in [7, 11) is 0. The molecule has 0 bridgehead atoms. The number of nitrogens with one attached hydrogen (secondary N) is 1. The molecule has 1 saturated heterocycles. The van der Waals surface area contributed by atoms with Crippen LogP contribution in [0.3, 0.4) is 0 Å². The highest BCUT2D eigenvalue weighted by Crippen LogP contribution is 2.35. The predicted octanol–water partition coefficient (Wildman–Crippen LogP) is 3.26. The van der Waals surface area contributed by atoms with Crippen LogP contribution in [0.5, 0.6) is 0 Å². The molecule has 1 aliphatic heterocycles. The SMILES string of the molecule is Cc1cc(Cl)cc2c(N3CCNCC3)c(Cl)cnc12. The van der Waals surface area contributed by atoms with Gasteiger partial charge in [0.25, 0.3) is 0 Å². The molecule has 0 atom stereocenters. The minimum absolute atomic E-state index is 0.691. The molecule has 3 rings (SSSR count). The molecule has 1 N–H and O–H groups in total. The zero-order chi connectivity index (χ0) is 13.4. The number of nitrogens with zero attached hydrogens (tertiary/aromatic N) is 2. The molecule has 100 valence electrons. The van der Waals surface area contributed by atoms with Crippen molar-refractivity contribution in [2.75, 3.05) is 31.1 Å². The molecule has 1 aromatic carbocycles. The lowest BCUT2D eigenvalue weighted by molar-refractivity contribution is 0.590. The molecule has 0 saturated carbocycles. The summed E-state index contributed by atoms with van der Waals surface area (Å²) in [5.41, 5.74) is 3.11. The van der Waals surface area contributed by atoms with Gasteiger partial charge in [0.1, 0.15) is 0 Å². The first-order valence-corrected chi connectivity index (χ1v) is 7.12. The molecule has 1 aromatic heterocycles. The molecule has 1 aliphatic rings. The number of hydrogen-bond donors (Lipinski definition) is 1. The Kier molecular flexibility index (Phi) is 3.52. The molecule has 1 fully saturated rings. The van der Waals surface area contributed by atoms with Crippen LogP contribution in [0.15, 0.2) is 18.3 Å². The van der Waals surface area contributed by atoms with E-state index in [9.17, 15) is 0 Å². The summed E-state index contributed by atoms with van der Waals surface area (Å²) in [5, 5.41) is 5.81. The third-order valence-corrected chi connectivity index (χ3v) is 3.98. The molecular formula is C14H15Cl2N3. The fourth-order valence-electron chi connectivity index (χ4n) is 2.61. The number of fused-ring (bicyclic) bond motifs is 1. The number of aryl methyl sites for hydroxylation is 1. The highest BCUT2D eigenvalue weighted by atomic mass is 35.5. The molecule has 3 nitrogen and oxygen atoms in total. The van der Waals surface area contributed by atoms with Crippen molar-refractivity contribution in [1.29, 1.82) is 0 Å². The summed E-state index contributed by atoms with van der Waals surface area (Å²) in [6.07, 6.45) is 1.74. The number of anilines is 1. The summed E-state index contributed by atoms with van der Waals surface area (Å²) < 4.78 is 0. The van der Waals surface area contributed by atoms with Gasteiger partial charge >= 0.3 is 0 Å². The van der Waals surface area contributed by atoms with E-state index in [-0.39, 0.29) is 0 Å². The van der Waals surface area contributed by atoms with Gasteiger partial charge in [-0.25, -0.2) is 0 Å². The van der Waals surface area contributed by atoms with Crippen LogP contribution in [-0.2, 0) is 0 Å². The molecular weight excluding hydrogens is 281 g/mol. The first kappa shape index (κ1) is 13.0. The lowest BCUT2D eigenvalue weighted by Crippen LogP contribution is -2.43. The van der Waals surface area contributed by atoms with Gasteiger partial charge in [-0.2, -0.15) is 0 Å². The van der Waals surface area contributed by atoms with Gasteiger partial charge in [-0.3, -0.25) is 4.98 Å². The van der Waals surface area contributed by atoms with Gasteiger partial charge in [0.15, 0.2) is 0 Å². The Balaban J connectivity index is 2.23. The largest absolute Gasteiger partial charge is 0.367 e. The Morgan fingerprint density at radius 2 is 1.95 bits per heavy atom. The Labute approximate surface area is 122 Å².